The van der Waals surface area contributed by atoms with E-state index in [0.29, 0.717) is 6.42 Å². The van der Waals surface area contributed by atoms with Crippen LogP contribution in [0.3, 0.4) is 0 Å². The number of ether oxygens (including phenoxy) is 1. The lowest BCUT2D eigenvalue weighted by Crippen LogP contribution is -2.24. The van der Waals surface area contributed by atoms with E-state index in [4.69, 9.17) is 15.7 Å². The third kappa shape index (κ3) is 2.00. The monoisotopic (exact) mass is 220 g/mol. The molecule has 0 heterocycles. The highest BCUT2D eigenvalue weighted by molar-refractivity contribution is 5.47. The number of halogens is 1. The summed E-state index contributed by atoms with van der Waals surface area (Å²) >= 11 is 0. The van der Waals surface area contributed by atoms with Gasteiger partial charge in [-0.05, 0) is 37.0 Å². The Morgan fingerprint density at radius 1 is 1.56 bits per heavy atom. The van der Waals surface area contributed by atoms with Gasteiger partial charge in [0.2, 0.25) is 0 Å². The van der Waals surface area contributed by atoms with E-state index >= 15 is 0 Å². The maximum Gasteiger partial charge on any atom is 0.172 e. The number of nitrogens with zero attached hydrogens (tertiary/aromatic N) is 1. The minimum absolute atomic E-state index is 0.00752. The molecule has 1 aliphatic rings. The first kappa shape index (κ1) is 10.9. The summed E-state index contributed by atoms with van der Waals surface area (Å²) < 4.78 is 18.4. The van der Waals surface area contributed by atoms with Crippen LogP contribution in [0.1, 0.15) is 24.0 Å². The van der Waals surface area contributed by atoms with Gasteiger partial charge in [0.05, 0.1) is 12.7 Å². The van der Waals surface area contributed by atoms with E-state index in [1.165, 1.54) is 13.2 Å². The normalized spacial score (nSPS) is 16.6. The third-order valence-electron chi connectivity index (χ3n) is 2.88. The van der Waals surface area contributed by atoms with Crippen molar-refractivity contribution in [3.05, 3.63) is 29.1 Å². The molecular weight excluding hydrogens is 207 g/mol. The summed E-state index contributed by atoms with van der Waals surface area (Å²) in [5.74, 6) is -0.492. The van der Waals surface area contributed by atoms with Crippen LogP contribution in [0.4, 0.5) is 4.39 Å². The van der Waals surface area contributed by atoms with Gasteiger partial charge in [-0.1, -0.05) is 0 Å². The highest BCUT2D eigenvalue weighted by Crippen LogP contribution is 2.36. The molecule has 0 saturated heterocycles. The van der Waals surface area contributed by atoms with Gasteiger partial charge in [-0.3, -0.25) is 0 Å². The first-order valence-electron chi connectivity index (χ1n) is 5.13. The Morgan fingerprint density at radius 3 is 2.75 bits per heavy atom. The largest absolute Gasteiger partial charge is 0.492 e. The van der Waals surface area contributed by atoms with Crippen LogP contribution in [0.5, 0.6) is 5.75 Å². The molecule has 0 bridgehead atoms. The van der Waals surface area contributed by atoms with E-state index in [1.807, 2.05) is 6.07 Å². The Balaban J connectivity index is 2.34. The van der Waals surface area contributed by atoms with Crippen molar-refractivity contribution in [2.75, 3.05) is 7.11 Å². The number of nitriles is 1. The molecule has 1 aliphatic carbocycles. The molecule has 0 unspecified atom stereocenters. The molecule has 4 heteroatoms. The standard InChI is InChI=1S/C12H13FN2O/c1-16-11-9(7-14)4-8(5-10(11)13)6-12(15)2-3-12/h4-5H,2-3,6,15H2,1H3. The van der Waals surface area contributed by atoms with Crippen LogP contribution in [-0.4, -0.2) is 12.6 Å². The Morgan fingerprint density at radius 2 is 2.25 bits per heavy atom. The molecule has 0 aromatic heterocycles. The van der Waals surface area contributed by atoms with Gasteiger partial charge < -0.3 is 10.5 Å². The van der Waals surface area contributed by atoms with Crippen LogP contribution in [0, 0.1) is 17.1 Å². The van der Waals surface area contributed by atoms with E-state index in [9.17, 15) is 4.39 Å². The minimum Gasteiger partial charge on any atom is -0.492 e. The van der Waals surface area contributed by atoms with Gasteiger partial charge in [0.25, 0.3) is 0 Å². The Labute approximate surface area is 93.6 Å². The van der Waals surface area contributed by atoms with Crippen LogP contribution in [0.2, 0.25) is 0 Å². The van der Waals surface area contributed by atoms with Crippen LogP contribution >= 0.6 is 0 Å². The number of hydrogen-bond acceptors (Lipinski definition) is 3. The zero-order valence-corrected chi connectivity index (χ0v) is 9.09. The van der Waals surface area contributed by atoms with Gasteiger partial charge in [0, 0.05) is 5.54 Å². The van der Waals surface area contributed by atoms with Crippen molar-refractivity contribution in [2.45, 2.75) is 24.8 Å². The molecule has 3 nitrogen and oxygen atoms in total. The number of nitrogens with two attached hydrogens (primary N) is 1. The molecule has 1 saturated carbocycles. The first-order chi connectivity index (χ1) is 7.58. The fraction of sp³-hybridized carbons (Fsp3) is 0.417. The number of methoxy groups -OCH3 is 1. The number of rotatable bonds is 3. The lowest BCUT2D eigenvalue weighted by atomic mass is 10.0. The number of benzene rings is 1. The molecule has 0 amide bonds. The lowest BCUT2D eigenvalue weighted by Gasteiger charge is -2.11. The molecule has 0 aliphatic heterocycles. The summed E-state index contributed by atoms with van der Waals surface area (Å²) in [6.07, 6.45) is 2.54. The SMILES string of the molecule is COc1c(F)cc(CC2(N)CC2)cc1C#N. The minimum atomic E-state index is -0.499. The van der Waals surface area contributed by atoms with Gasteiger partial charge in [-0.2, -0.15) is 5.26 Å². The van der Waals surface area contributed by atoms with Crippen molar-refractivity contribution in [3.63, 3.8) is 0 Å². The smallest absolute Gasteiger partial charge is 0.172 e. The second-order valence-corrected chi connectivity index (χ2v) is 4.31. The predicted octanol–water partition coefficient (Wildman–Crippen LogP) is 1.74. The Kier molecular flexibility index (Phi) is 2.56. The summed E-state index contributed by atoms with van der Waals surface area (Å²) in [4.78, 5) is 0. The van der Waals surface area contributed by atoms with Crippen LogP contribution in [-0.2, 0) is 6.42 Å². The van der Waals surface area contributed by atoms with Crippen molar-refractivity contribution < 1.29 is 9.13 Å². The summed E-state index contributed by atoms with van der Waals surface area (Å²) in [6, 6.07) is 4.97. The topological polar surface area (TPSA) is 59.0 Å². The van der Waals surface area contributed by atoms with Crippen LogP contribution < -0.4 is 10.5 Å². The second kappa shape index (κ2) is 3.76. The number of hydrogen-bond donors (Lipinski definition) is 1. The zero-order chi connectivity index (χ0) is 11.8. The lowest BCUT2D eigenvalue weighted by molar-refractivity contribution is 0.384. The molecule has 1 aromatic carbocycles. The van der Waals surface area contributed by atoms with Crippen LogP contribution in [0.25, 0.3) is 0 Å². The van der Waals surface area contributed by atoms with E-state index < -0.39 is 5.82 Å². The Bertz CT molecular complexity index is 461. The van der Waals surface area contributed by atoms with Crippen LogP contribution in [0.15, 0.2) is 12.1 Å². The maximum absolute atomic E-state index is 13.6. The fourth-order valence-corrected chi connectivity index (χ4v) is 1.79. The van der Waals surface area contributed by atoms with Gasteiger partial charge in [0.15, 0.2) is 11.6 Å². The highest BCUT2D eigenvalue weighted by atomic mass is 19.1. The molecule has 0 spiro atoms. The predicted molar refractivity (Wildman–Crippen MR) is 57.5 cm³/mol. The molecule has 16 heavy (non-hydrogen) atoms. The molecule has 2 rings (SSSR count). The third-order valence-corrected chi connectivity index (χ3v) is 2.88. The molecule has 84 valence electrons. The van der Waals surface area contributed by atoms with Crippen molar-refractivity contribution in [1.29, 1.82) is 5.26 Å². The molecule has 0 radical (unpaired) electrons. The van der Waals surface area contributed by atoms with Gasteiger partial charge in [-0.25, -0.2) is 4.39 Å². The summed E-state index contributed by atoms with van der Waals surface area (Å²) in [7, 11) is 1.35. The van der Waals surface area contributed by atoms with Gasteiger partial charge >= 0.3 is 0 Å². The van der Waals surface area contributed by atoms with E-state index in [1.54, 1.807) is 6.07 Å². The van der Waals surface area contributed by atoms with Crippen molar-refractivity contribution in [1.82, 2.24) is 0 Å². The van der Waals surface area contributed by atoms with Crippen molar-refractivity contribution in [2.24, 2.45) is 5.73 Å². The zero-order valence-electron chi connectivity index (χ0n) is 9.09. The average molecular weight is 220 g/mol. The van der Waals surface area contributed by atoms with E-state index in [2.05, 4.69) is 0 Å². The average Bonchev–Trinajstić information content (AvgIpc) is 2.95. The summed E-state index contributed by atoms with van der Waals surface area (Å²) in [5, 5.41) is 8.88. The molecule has 1 fully saturated rings. The molecule has 0 atom stereocenters. The van der Waals surface area contributed by atoms with Crippen molar-refractivity contribution in [3.8, 4) is 11.8 Å². The van der Waals surface area contributed by atoms with Gasteiger partial charge in [0.1, 0.15) is 6.07 Å². The fourth-order valence-electron chi connectivity index (χ4n) is 1.79. The van der Waals surface area contributed by atoms with Gasteiger partial charge in [-0.15, -0.1) is 0 Å². The van der Waals surface area contributed by atoms with Crippen molar-refractivity contribution >= 4 is 0 Å². The maximum atomic E-state index is 13.6. The Hall–Kier alpha value is -1.60. The highest BCUT2D eigenvalue weighted by Gasteiger charge is 2.38. The molecule has 1 aromatic rings. The first-order valence-corrected chi connectivity index (χ1v) is 5.13. The summed E-state index contributed by atoms with van der Waals surface area (Å²) in [5.41, 5.74) is 6.75. The quantitative estimate of drug-likeness (QED) is 0.844. The van der Waals surface area contributed by atoms with E-state index in [-0.39, 0.29) is 16.9 Å². The summed E-state index contributed by atoms with van der Waals surface area (Å²) in [6.45, 7) is 0. The van der Waals surface area contributed by atoms with E-state index in [0.717, 1.165) is 18.4 Å². The molecular formula is C12H13FN2O. The molecule has 2 N–H and O–H groups in total. The second-order valence-electron chi connectivity index (χ2n) is 4.31.